The maximum Gasteiger partial charge on any atom is 0.231 e. The molecule has 134 valence electrons. The third-order valence-electron chi connectivity index (χ3n) is 5.63. The molecule has 0 unspecified atom stereocenters. The van der Waals surface area contributed by atoms with E-state index in [1.165, 1.54) is 0 Å². The van der Waals surface area contributed by atoms with Crippen molar-refractivity contribution in [3.8, 4) is 34.1 Å². The summed E-state index contributed by atoms with van der Waals surface area (Å²) >= 11 is 0. The molecule has 0 saturated heterocycles. The summed E-state index contributed by atoms with van der Waals surface area (Å²) in [5.74, 6) is 2.13. The number of phenols is 1. The number of hydrogen-bond acceptors (Lipinski definition) is 5. The molecule has 6 heteroatoms. The van der Waals surface area contributed by atoms with E-state index in [9.17, 15) is 9.90 Å². The van der Waals surface area contributed by atoms with E-state index >= 15 is 0 Å². The molecule has 0 radical (unpaired) electrons. The lowest BCUT2D eigenvalue weighted by Gasteiger charge is -2.42. The van der Waals surface area contributed by atoms with Gasteiger partial charge in [0.1, 0.15) is 5.75 Å². The molecule has 0 spiro atoms. The van der Waals surface area contributed by atoms with Gasteiger partial charge in [0, 0.05) is 30.2 Å². The number of hydrogen-bond donors (Lipinski definition) is 1. The molecule has 6 nitrogen and oxygen atoms in total. The molecule has 0 aromatic heterocycles. The number of fused-ring (bicyclic) bond motifs is 4. The van der Waals surface area contributed by atoms with Gasteiger partial charge in [-0.05, 0) is 30.0 Å². The monoisotopic (exact) mass is 353 g/mol. The molecule has 1 aliphatic carbocycles. The van der Waals surface area contributed by atoms with Crippen LogP contribution >= 0.6 is 0 Å². The highest BCUT2D eigenvalue weighted by Crippen LogP contribution is 2.59. The van der Waals surface area contributed by atoms with E-state index in [4.69, 9.17) is 14.2 Å². The predicted octanol–water partition coefficient (Wildman–Crippen LogP) is 2.80. The van der Waals surface area contributed by atoms with Crippen LogP contribution in [0, 0.1) is 0 Å². The summed E-state index contributed by atoms with van der Waals surface area (Å²) < 4.78 is 17.2. The Balaban J connectivity index is 1.90. The van der Waals surface area contributed by atoms with Gasteiger partial charge in [-0.15, -0.1) is 0 Å². The number of ether oxygens (including phenoxy) is 3. The van der Waals surface area contributed by atoms with Gasteiger partial charge in [-0.3, -0.25) is 4.79 Å². The van der Waals surface area contributed by atoms with Crippen LogP contribution in [0.4, 0.5) is 0 Å². The molecule has 1 amide bonds. The van der Waals surface area contributed by atoms with Crippen LogP contribution in [0.3, 0.4) is 0 Å². The second-order valence-electron chi connectivity index (χ2n) is 6.86. The summed E-state index contributed by atoms with van der Waals surface area (Å²) in [7, 11) is 1.63. The number of phenolic OH excluding ortho intramolecular Hbond substituents is 1. The lowest BCUT2D eigenvalue weighted by Crippen LogP contribution is -2.41. The van der Waals surface area contributed by atoms with E-state index in [0.717, 1.165) is 27.8 Å². The molecule has 0 bridgehead atoms. The Bertz CT molecular complexity index is 952. The fraction of sp³-hybridized carbons (Fsp3) is 0.350. The highest BCUT2D eigenvalue weighted by Gasteiger charge is 2.43. The van der Waals surface area contributed by atoms with Crippen LogP contribution in [0.25, 0.3) is 11.1 Å². The Labute approximate surface area is 150 Å². The summed E-state index contributed by atoms with van der Waals surface area (Å²) in [6.07, 6.45) is 1.34. The van der Waals surface area contributed by atoms with Gasteiger partial charge in [-0.25, -0.2) is 0 Å². The third-order valence-corrected chi connectivity index (χ3v) is 5.63. The van der Waals surface area contributed by atoms with Crippen molar-refractivity contribution in [2.45, 2.75) is 25.8 Å². The zero-order chi connectivity index (χ0) is 18.0. The average Bonchev–Trinajstić information content (AvgIpc) is 3.11. The lowest BCUT2D eigenvalue weighted by atomic mass is 9.75. The first-order chi connectivity index (χ1) is 12.6. The molecule has 26 heavy (non-hydrogen) atoms. The lowest BCUT2D eigenvalue weighted by molar-refractivity contribution is -0.131. The Kier molecular flexibility index (Phi) is 3.13. The van der Waals surface area contributed by atoms with E-state index in [2.05, 4.69) is 0 Å². The van der Waals surface area contributed by atoms with Crippen molar-refractivity contribution >= 4 is 5.91 Å². The van der Waals surface area contributed by atoms with Crippen molar-refractivity contribution in [1.82, 2.24) is 4.90 Å². The SMILES string of the molecule is COc1c2c3c(c4c1OCO4)-c1c(O)cccc1C[C@H]3N(C(C)=O)CC2. The van der Waals surface area contributed by atoms with Gasteiger partial charge in [0.05, 0.1) is 13.2 Å². The zero-order valence-electron chi connectivity index (χ0n) is 14.7. The highest BCUT2D eigenvalue weighted by molar-refractivity contribution is 5.90. The summed E-state index contributed by atoms with van der Waals surface area (Å²) in [5.41, 5.74) is 4.67. The van der Waals surface area contributed by atoms with Crippen molar-refractivity contribution in [2.24, 2.45) is 0 Å². The minimum Gasteiger partial charge on any atom is -0.507 e. The molecular weight excluding hydrogens is 334 g/mol. The maximum absolute atomic E-state index is 12.3. The Morgan fingerprint density at radius 1 is 1.27 bits per heavy atom. The minimum absolute atomic E-state index is 0.0480. The van der Waals surface area contributed by atoms with Crippen LogP contribution in [0.5, 0.6) is 23.0 Å². The van der Waals surface area contributed by atoms with Gasteiger partial charge in [0.2, 0.25) is 18.4 Å². The van der Waals surface area contributed by atoms with E-state index in [1.54, 1.807) is 20.1 Å². The molecule has 2 heterocycles. The van der Waals surface area contributed by atoms with Crippen LogP contribution in [0.2, 0.25) is 0 Å². The first kappa shape index (κ1) is 15.4. The second-order valence-corrected chi connectivity index (χ2v) is 6.86. The first-order valence-corrected chi connectivity index (χ1v) is 8.72. The fourth-order valence-electron chi connectivity index (χ4n) is 4.63. The van der Waals surface area contributed by atoms with Crippen LogP contribution in [-0.2, 0) is 17.6 Å². The van der Waals surface area contributed by atoms with Crippen molar-refractivity contribution in [1.29, 1.82) is 0 Å². The Morgan fingerprint density at radius 2 is 2.08 bits per heavy atom. The second kappa shape index (κ2) is 5.30. The summed E-state index contributed by atoms with van der Waals surface area (Å²) in [4.78, 5) is 14.2. The van der Waals surface area contributed by atoms with Crippen molar-refractivity contribution < 1.29 is 24.1 Å². The maximum atomic E-state index is 12.3. The Morgan fingerprint density at radius 3 is 2.85 bits per heavy atom. The van der Waals surface area contributed by atoms with Crippen molar-refractivity contribution in [3.05, 3.63) is 34.9 Å². The number of amides is 1. The molecule has 3 aliphatic rings. The van der Waals surface area contributed by atoms with Crippen LogP contribution in [0.1, 0.15) is 29.7 Å². The quantitative estimate of drug-likeness (QED) is 0.854. The smallest absolute Gasteiger partial charge is 0.231 e. The highest BCUT2D eigenvalue weighted by atomic mass is 16.7. The summed E-state index contributed by atoms with van der Waals surface area (Å²) in [6.45, 7) is 2.36. The third kappa shape index (κ3) is 1.84. The van der Waals surface area contributed by atoms with Crippen molar-refractivity contribution in [3.63, 3.8) is 0 Å². The molecule has 5 rings (SSSR count). The number of carbonyl (C=O) groups is 1. The van der Waals surface area contributed by atoms with E-state index in [0.29, 0.717) is 36.6 Å². The molecule has 2 aliphatic heterocycles. The number of methoxy groups -OCH3 is 1. The normalized spacial score (nSPS) is 19.0. The molecule has 0 saturated carbocycles. The predicted molar refractivity (Wildman–Crippen MR) is 93.8 cm³/mol. The van der Waals surface area contributed by atoms with Gasteiger partial charge in [-0.2, -0.15) is 0 Å². The summed E-state index contributed by atoms with van der Waals surface area (Å²) in [6, 6.07) is 5.42. The van der Waals surface area contributed by atoms with E-state index < -0.39 is 0 Å². The number of aromatic hydroxyl groups is 1. The van der Waals surface area contributed by atoms with Crippen LogP contribution in [0.15, 0.2) is 18.2 Å². The van der Waals surface area contributed by atoms with Gasteiger partial charge < -0.3 is 24.2 Å². The van der Waals surface area contributed by atoms with E-state index in [1.807, 2.05) is 17.0 Å². The number of rotatable bonds is 1. The van der Waals surface area contributed by atoms with Gasteiger partial charge in [0.15, 0.2) is 11.5 Å². The standard InChI is InChI=1S/C20H19NO5/c1-10(22)21-7-6-12-16-13(21)8-11-4-3-5-14(23)15(11)17(16)19-20(18(12)24-2)26-9-25-19/h3-5,13,23H,6-9H2,1-2H3/t13-/m1/s1. The molecule has 2 aromatic carbocycles. The van der Waals surface area contributed by atoms with Gasteiger partial charge in [0.25, 0.3) is 0 Å². The molecule has 0 fully saturated rings. The van der Waals surface area contributed by atoms with Crippen molar-refractivity contribution in [2.75, 3.05) is 20.4 Å². The fourth-order valence-corrected chi connectivity index (χ4v) is 4.63. The average molecular weight is 353 g/mol. The number of nitrogens with zero attached hydrogens (tertiary/aromatic N) is 1. The van der Waals surface area contributed by atoms with Crippen LogP contribution in [-0.4, -0.2) is 36.4 Å². The summed E-state index contributed by atoms with van der Waals surface area (Å²) in [5, 5.41) is 10.6. The molecule has 1 atom stereocenters. The van der Waals surface area contributed by atoms with E-state index in [-0.39, 0.29) is 24.5 Å². The topological polar surface area (TPSA) is 68.2 Å². The molecule has 2 aromatic rings. The Hall–Kier alpha value is -2.89. The van der Waals surface area contributed by atoms with Crippen LogP contribution < -0.4 is 14.2 Å². The van der Waals surface area contributed by atoms with Gasteiger partial charge in [-0.1, -0.05) is 12.1 Å². The first-order valence-electron chi connectivity index (χ1n) is 8.72. The largest absolute Gasteiger partial charge is 0.507 e. The minimum atomic E-state index is -0.0936. The zero-order valence-corrected chi connectivity index (χ0v) is 14.7. The molecular formula is C20H19NO5. The van der Waals surface area contributed by atoms with Gasteiger partial charge >= 0.3 is 0 Å². The number of benzene rings is 2. The molecule has 1 N–H and O–H groups in total. The number of carbonyl (C=O) groups excluding carboxylic acids is 1.